The van der Waals surface area contributed by atoms with Gasteiger partial charge in [-0.15, -0.1) is 0 Å². The SMILES string of the molecule is CC(C)(C)OC(=O)N1CCCC(c2cc(C(C)(C)C)ccc2C(=O)O)C1. The van der Waals surface area contributed by atoms with Crippen molar-refractivity contribution in [3.8, 4) is 0 Å². The molecule has 0 radical (unpaired) electrons. The number of hydrogen-bond acceptors (Lipinski definition) is 3. The summed E-state index contributed by atoms with van der Waals surface area (Å²) < 4.78 is 5.49. The van der Waals surface area contributed by atoms with Gasteiger partial charge in [-0.1, -0.05) is 32.9 Å². The number of aromatic carboxylic acids is 1. The van der Waals surface area contributed by atoms with E-state index in [2.05, 4.69) is 20.8 Å². The molecule has 26 heavy (non-hydrogen) atoms. The third-order valence-electron chi connectivity index (χ3n) is 4.66. The molecule has 5 heteroatoms. The van der Waals surface area contributed by atoms with Crippen molar-refractivity contribution >= 4 is 12.1 Å². The fourth-order valence-corrected chi connectivity index (χ4v) is 3.29. The molecule has 1 amide bonds. The van der Waals surface area contributed by atoms with Crippen molar-refractivity contribution in [2.24, 2.45) is 0 Å². The van der Waals surface area contributed by atoms with Crippen molar-refractivity contribution in [1.82, 2.24) is 4.90 Å². The number of ether oxygens (including phenoxy) is 1. The van der Waals surface area contributed by atoms with Crippen LogP contribution in [0.15, 0.2) is 18.2 Å². The standard InChI is InChI=1S/C21H31NO4/c1-20(2,3)15-9-10-16(18(23)24)17(12-15)14-8-7-11-22(13-14)19(25)26-21(4,5)6/h9-10,12,14H,7-8,11,13H2,1-6H3,(H,23,24). The number of hydrogen-bond donors (Lipinski definition) is 1. The lowest BCUT2D eigenvalue weighted by molar-refractivity contribution is 0.0198. The summed E-state index contributed by atoms with van der Waals surface area (Å²) in [5.74, 6) is -0.917. The summed E-state index contributed by atoms with van der Waals surface area (Å²) in [5, 5.41) is 9.61. The smallest absolute Gasteiger partial charge is 0.410 e. The Labute approximate surface area is 156 Å². The summed E-state index contributed by atoms with van der Waals surface area (Å²) in [6, 6.07) is 5.60. The van der Waals surface area contributed by atoms with Crippen LogP contribution < -0.4 is 0 Å². The number of benzene rings is 1. The number of carbonyl (C=O) groups excluding carboxylic acids is 1. The number of carbonyl (C=O) groups is 2. The fourth-order valence-electron chi connectivity index (χ4n) is 3.29. The van der Waals surface area contributed by atoms with Gasteiger partial charge in [0.05, 0.1) is 5.56 Å². The highest BCUT2D eigenvalue weighted by Gasteiger charge is 2.31. The van der Waals surface area contributed by atoms with E-state index in [9.17, 15) is 14.7 Å². The second kappa shape index (κ2) is 7.29. The molecule has 1 aliphatic rings. The summed E-state index contributed by atoms with van der Waals surface area (Å²) in [5.41, 5.74) is 1.65. The summed E-state index contributed by atoms with van der Waals surface area (Å²) in [4.78, 5) is 25.8. The molecule has 0 bridgehead atoms. The van der Waals surface area contributed by atoms with E-state index in [1.165, 1.54) is 0 Å². The Bertz CT molecular complexity index is 682. The van der Waals surface area contributed by atoms with Crippen molar-refractivity contribution in [2.45, 2.75) is 71.3 Å². The zero-order valence-corrected chi connectivity index (χ0v) is 16.8. The Kier molecular flexibility index (Phi) is 5.69. The van der Waals surface area contributed by atoms with Crippen molar-refractivity contribution < 1.29 is 19.4 Å². The lowest BCUT2D eigenvalue weighted by atomic mass is 9.81. The summed E-state index contributed by atoms with van der Waals surface area (Å²) in [6.45, 7) is 13.0. The Morgan fingerprint density at radius 2 is 1.81 bits per heavy atom. The number of carboxylic acid groups (broad SMARTS) is 1. The first-order chi connectivity index (χ1) is 11.9. The van der Waals surface area contributed by atoms with E-state index in [1.54, 1.807) is 11.0 Å². The Morgan fingerprint density at radius 1 is 1.15 bits per heavy atom. The van der Waals surface area contributed by atoms with Gasteiger partial charge in [-0.3, -0.25) is 0 Å². The molecule has 1 aromatic carbocycles. The third kappa shape index (κ3) is 4.99. The van der Waals surface area contributed by atoms with Gasteiger partial charge in [-0.25, -0.2) is 9.59 Å². The summed E-state index contributed by atoms with van der Waals surface area (Å²) >= 11 is 0. The minimum Gasteiger partial charge on any atom is -0.478 e. The zero-order chi connectivity index (χ0) is 19.7. The molecule has 1 atom stereocenters. The molecule has 1 saturated heterocycles. The quantitative estimate of drug-likeness (QED) is 0.822. The Balaban J connectivity index is 2.31. The molecule has 1 unspecified atom stereocenters. The molecule has 2 rings (SSSR count). The van der Waals surface area contributed by atoms with Crippen LogP contribution in [0.25, 0.3) is 0 Å². The topological polar surface area (TPSA) is 66.8 Å². The van der Waals surface area contributed by atoms with Crippen LogP contribution in [0, 0.1) is 0 Å². The normalized spacial score (nSPS) is 18.5. The molecule has 144 valence electrons. The first-order valence-electron chi connectivity index (χ1n) is 9.24. The number of nitrogens with zero attached hydrogens (tertiary/aromatic N) is 1. The van der Waals surface area contributed by atoms with E-state index in [-0.39, 0.29) is 17.4 Å². The van der Waals surface area contributed by atoms with Crippen LogP contribution in [0.3, 0.4) is 0 Å². The van der Waals surface area contributed by atoms with E-state index in [1.807, 2.05) is 32.9 Å². The third-order valence-corrected chi connectivity index (χ3v) is 4.66. The van der Waals surface area contributed by atoms with Crippen molar-refractivity contribution in [3.63, 3.8) is 0 Å². The van der Waals surface area contributed by atoms with E-state index in [4.69, 9.17) is 4.74 Å². The molecule has 0 spiro atoms. The average Bonchev–Trinajstić information content (AvgIpc) is 2.52. The van der Waals surface area contributed by atoms with E-state index < -0.39 is 11.6 Å². The van der Waals surface area contributed by atoms with Crippen LogP contribution in [0.1, 0.15) is 81.8 Å². The van der Waals surface area contributed by atoms with Crippen LogP contribution in [0.4, 0.5) is 4.79 Å². The Morgan fingerprint density at radius 3 is 2.35 bits per heavy atom. The second-order valence-corrected chi connectivity index (χ2v) is 9.12. The van der Waals surface area contributed by atoms with Crippen LogP contribution in [-0.4, -0.2) is 40.8 Å². The molecule has 0 saturated carbocycles. The van der Waals surface area contributed by atoms with Gasteiger partial charge >= 0.3 is 12.1 Å². The van der Waals surface area contributed by atoms with Gasteiger partial charge < -0.3 is 14.7 Å². The zero-order valence-electron chi connectivity index (χ0n) is 16.8. The second-order valence-electron chi connectivity index (χ2n) is 9.12. The molecular weight excluding hydrogens is 330 g/mol. The molecule has 5 nitrogen and oxygen atoms in total. The molecule has 0 aliphatic carbocycles. The van der Waals surface area contributed by atoms with Gasteiger partial charge in [0.1, 0.15) is 5.60 Å². The largest absolute Gasteiger partial charge is 0.478 e. The van der Waals surface area contributed by atoms with Gasteiger partial charge in [0.2, 0.25) is 0 Å². The minimum atomic E-state index is -0.921. The number of rotatable bonds is 2. The monoisotopic (exact) mass is 361 g/mol. The van der Waals surface area contributed by atoms with Crippen LogP contribution >= 0.6 is 0 Å². The van der Waals surface area contributed by atoms with Crippen molar-refractivity contribution in [1.29, 1.82) is 0 Å². The van der Waals surface area contributed by atoms with Crippen LogP contribution in [0.2, 0.25) is 0 Å². The molecule has 0 aromatic heterocycles. The van der Waals surface area contributed by atoms with E-state index in [0.29, 0.717) is 18.7 Å². The Hall–Kier alpha value is -2.04. The number of amides is 1. The van der Waals surface area contributed by atoms with E-state index in [0.717, 1.165) is 24.0 Å². The van der Waals surface area contributed by atoms with Gasteiger partial charge in [0.25, 0.3) is 0 Å². The summed E-state index contributed by atoms with van der Waals surface area (Å²) in [6.07, 6.45) is 1.38. The number of likely N-dealkylation sites (tertiary alicyclic amines) is 1. The van der Waals surface area contributed by atoms with Crippen LogP contribution in [-0.2, 0) is 10.2 Å². The minimum absolute atomic E-state index is 0.00432. The molecular formula is C21H31NO4. The lowest BCUT2D eigenvalue weighted by Crippen LogP contribution is -2.42. The van der Waals surface area contributed by atoms with Gasteiger partial charge in [0.15, 0.2) is 0 Å². The molecule has 1 N–H and O–H groups in total. The molecule has 1 fully saturated rings. The lowest BCUT2D eigenvalue weighted by Gasteiger charge is -2.35. The first-order valence-corrected chi connectivity index (χ1v) is 9.24. The maximum absolute atomic E-state index is 12.4. The van der Waals surface area contributed by atoms with Crippen molar-refractivity contribution in [3.05, 3.63) is 34.9 Å². The van der Waals surface area contributed by atoms with Gasteiger partial charge in [-0.2, -0.15) is 0 Å². The molecule has 1 aliphatic heterocycles. The first kappa shape index (κ1) is 20.3. The van der Waals surface area contributed by atoms with E-state index >= 15 is 0 Å². The van der Waals surface area contributed by atoms with Gasteiger partial charge in [-0.05, 0) is 56.2 Å². The highest BCUT2D eigenvalue weighted by molar-refractivity contribution is 5.89. The molecule has 1 aromatic rings. The predicted molar refractivity (Wildman–Crippen MR) is 102 cm³/mol. The maximum Gasteiger partial charge on any atom is 0.410 e. The summed E-state index contributed by atoms with van der Waals surface area (Å²) in [7, 11) is 0. The highest BCUT2D eigenvalue weighted by atomic mass is 16.6. The number of carboxylic acids is 1. The fraction of sp³-hybridized carbons (Fsp3) is 0.619. The average molecular weight is 361 g/mol. The maximum atomic E-state index is 12.4. The van der Waals surface area contributed by atoms with Crippen molar-refractivity contribution in [2.75, 3.05) is 13.1 Å². The predicted octanol–water partition coefficient (Wildman–Crippen LogP) is 4.80. The van der Waals surface area contributed by atoms with Gasteiger partial charge in [0, 0.05) is 19.0 Å². The number of piperidine rings is 1. The van der Waals surface area contributed by atoms with Crippen LogP contribution in [0.5, 0.6) is 0 Å². The highest BCUT2D eigenvalue weighted by Crippen LogP contribution is 2.33. The molecule has 1 heterocycles.